The molecule has 0 amide bonds. The molecule has 1 aromatic heterocycles. The topological polar surface area (TPSA) is 63.3 Å². The number of nitrogens with two attached hydrogens (primary N) is 1. The molecule has 1 aliphatic rings. The van der Waals surface area contributed by atoms with Gasteiger partial charge in [-0.2, -0.15) is 0 Å². The van der Waals surface area contributed by atoms with Crippen LogP contribution >= 0.6 is 24.0 Å². The third-order valence-corrected chi connectivity index (χ3v) is 5.23. The Hall–Kier alpha value is -1.70. The van der Waals surface area contributed by atoms with E-state index >= 15 is 0 Å². The van der Waals surface area contributed by atoms with Gasteiger partial charge in [-0.25, -0.2) is 4.39 Å². The minimum absolute atomic E-state index is 0. The number of guanidine groups is 1. The summed E-state index contributed by atoms with van der Waals surface area (Å²) in [6.07, 6.45) is 8.36. The Morgan fingerprint density at radius 2 is 1.85 bits per heavy atom. The maximum absolute atomic E-state index is 13.3. The Morgan fingerprint density at radius 3 is 2.52 bits per heavy atom. The Morgan fingerprint density at radius 1 is 1.11 bits per heavy atom. The van der Waals surface area contributed by atoms with Crippen LogP contribution in [0.15, 0.2) is 53.7 Å². The van der Waals surface area contributed by atoms with E-state index in [9.17, 15) is 4.39 Å². The quantitative estimate of drug-likeness (QED) is 0.369. The van der Waals surface area contributed by atoms with Crippen molar-refractivity contribution in [1.29, 1.82) is 0 Å². The first-order valence-corrected chi connectivity index (χ1v) is 9.38. The van der Waals surface area contributed by atoms with Crippen molar-refractivity contribution in [2.45, 2.75) is 43.9 Å². The molecule has 0 aliphatic heterocycles. The van der Waals surface area contributed by atoms with Crippen molar-refractivity contribution in [3.63, 3.8) is 0 Å². The van der Waals surface area contributed by atoms with Gasteiger partial charge in [-0.05, 0) is 42.7 Å². The lowest BCUT2D eigenvalue weighted by Gasteiger charge is -2.36. The van der Waals surface area contributed by atoms with Crippen molar-refractivity contribution < 1.29 is 4.39 Å². The highest BCUT2D eigenvalue weighted by Crippen LogP contribution is 2.39. The third kappa shape index (κ3) is 6.16. The maximum Gasteiger partial charge on any atom is 0.188 e. The molecule has 1 heterocycles. The lowest BCUT2D eigenvalue weighted by Crippen LogP contribution is -2.37. The molecular weight excluding hydrogens is 454 g/mol. The second kappa shape index (κ2) is 10.6. The molecule has 3 rings (SSSR count). The SMILES string of the molecule is I.NC(=NCC1(c2ccc(F)cc2)CCCCC1)NCCc1ccccn1. The fraction of sp³-hybridized carbons (Fsp3) is 0.429. The van der Waals surface area contributed by atoms with Crippen LogP contribution in [-0.4, -0.2) is 24.0 Å². The smallest absolute Gasteiger partial charge is 0.188 e. The first kappa shape index (κ1) is 21.6. The van der Waals surface area contributed by atoms with Gasteiger partial charge in [0.25, 0.3) is 0 Å². The highest BCUT2D eigenvalue weighted by Gasteiger charge is 2.33. The van der Waals surface area contributed by atoms with Crippen molar-refractivity contribution in [1.82, 2.24) is 10.3 Å². The molecule has 1 saturated carbocycles. The Labute approximate surface area is 177 Å². The van der Waals surface area contributed by atoms with Crippen LogP contribution in [0.1, 0.15) is 43.4 Å². The van der Waals surface area contributed by atoms with Crippen molar-refractivity contribution in [3.05, 3.63) is 65.7 Å². The molecule has 1 aliphatic carbocycles. The fourth-order valence-corrected chi connectivity index (χ4v) is 3.73. The highest BCUT2D eigenvalue weighted by atomic mass is 127. The normalized spacial score (nSPS) is 16.4. The summed E-state index contributed by atoms with van der Waals surface area (Å²) in [5.41, 5.74) is 8.25. The molecular formula is C21H28FIN4. The molecule has 6 heteroatoms. The van der Waals surface area contributed by atoms with E-state index in [1.165, 1.54) is 24.8 Å². The zero-order valence-corrected chi connectivity index (χ0v) is 17.9. The first-order valence-electron chi connectivity index (χ1n) is 9.38. The van der Waals surface area contributed by atoms with E-state index < -0.39 is 0 Å². The number of hydrogen-bond acceptors (Lipinski definition) is 2. The highest BCUT2D eigenvalue weighted by molar-refractivity contribution is 14.0. The van der Waals surface area contributed by atoms with E-state index in [2.05, 4.69) is 15.3 Å². The summed E-state index contributed by atoms with van der Waals surface area (Å²) in [5, 5.41) is 3.18. The van der Waals surface area contributed by atoms with E-state index in [0.717, 1.165) is 25.0 Å². The molecule has 2 aromatic rings. The van der Waals surface area contributed by atoms with Crippen molar-refractivity contribution in [2.24, 2.45) is 10.7 Å². The predicted octanol–water partition coefficient (Wildman–Crippen LogP) is 4.19. The number of hydrogen-bond donors (Lipinski definition) is 2. The monoisotopic (exact) mass is 482 g/mol. The van der Waals surface area contributed by atoms with Gasteiger partial charge in [0.2, 0.25) is 0 Å². The summed E-state index contributed by atoms with van der Waals surface area (Å²) in [6.45, 7) is 1.34. The number of benzene rings is 1. The van der Waals surface area contributed by atoms with E-state index in [1.54, 1.807) is 18.3 Å². The minimum atomic E-state index is -0.195. The number of halogens is 2. The summed E-state index contributed by atoms with van der Waals surface area (Å²) in [7, 11) is 0. The molecule has 1 fully saturated rings. The Bertz CT molecular complexity index is 713. The minimum Gasteiger partial charge on any atom is -0.370 e. The number of nitrogens with one attached hydrogen (secondary N) is 1. The summed E-state index contributed by atoms with van der Waals surface area (Å²) in [4.78, 5) is 8.92. The van der Waals surface area contributed by atoms with Gasteiger partial charge in [0.05, 0.1) is 6.54 Å². The lowest BCUT2D eigenvalue weighted by atomic mass is 9.69. The molecule has 0 radical (unpaired) electrons. The average molecular weight is 482 g/mol. The molecule has 1 aromatic carbocycles. The summed E-state index contributed by atoms with van der Waals surface area (Å²) in [5.74, 6) is 0.270. The number of nitrogens with zero attached hydrogens (tertiary/aromatic N) is 2. The van der Waals surface area contributed by atoms with Gasteiger partial charge in [-0.3, -0.25) is 9.98 Å². The maximum atomic E-state index is 13.3. The molecule has 0 saturated heterocycles. The van der Waals surface area contributed by atoms with Crippen LogP contribution in [0.5, 0.6) is 0 Å². The second-order valence-corrected chi connectivity index (χ2v) is 7.05. The van der Waals surface area contributed by atoms with Gasteiger partial charge in [0.15, 0.2) is 5.96 Å². The number of aromatic nitrogens is 1. The van der Waals surface area contributed by atoms with Gasteiger partial charge < -0.3 is 11.1 Å². The van der Waals surface area contributed by atoms with Crippen LogP contribution in [0, 0.1) is 5.82 Å². The lowest BCUT2D eigenvalue weighted by molar-refractivity contribution is 0.301. The Balaban J connectivity index is 0.00000261. The predicted molar refractivity (Wildman–Crippen MR) is 119 cm³/mol. The standard InChI is InChI=1S/C21H27FN4.HI/c22-18-9-7-17(8-10-18)21(12-3-1-4-13-21)16-26-20(23)25-15-11-19-6-2-5-14-24-19;/h2,5-10,14H,1,3-4,11-13,15-16H2,(H3,23,25,26);1H. The largest absolute Gasteiger partial charge is 0.370 e. The molecule has 0 unspecified atom stereocenters. The zero-order chi connectivity index (χ0) is 18.2. The molecule has 0 bridgehead atoms. The van der Waals surface area contributed by atoms with E-state index in [-0.39, 0.29) is 35.2 Å². The third-order valence-electron chi connectivity index (χ3n) is 5.23. The Kier molecular flexibility index (Phi) is 8.47. The molecule has 27 heavy (non-hydrogen) atoms. The van der Waals surface area contributed by atoms with Crippen molar-refractivity contribution in [3.8, 4) is 0 Å². The number of rotatable bonds is 6. The summed E-state index contributed by atoms with van der Waals surface area (Å²) >= 11 is 0. The van der Waals surface area contributed by atoms with Gasteiger partial charge in [-0.15, -0.1) is 24.0 Å². The fourth-order valence-electron chi connectivity index (χ4n) is 3.73. The average Bonchev–Trinajstić information content (AvgIpc) is 2.68. The molecule has 146 valence electrons. The van der Waals surface area contributed by atoms with Crippen LogP contribution < -0.4 is 11.1 Å². The van der Waals surface area contributed by atoms with Crippen molar-refractivity contribution >= 4 is 29.9 Å². The van der Waals surface area contributed by atoms with Gasteiger partial charge in [-0.1, -0.05) is 37.5 Å². The van der Waals surface area contributed by atoms with E-state index in [0.29, 0.717) is 19.0 Å². The zero-order valence-electron chi connectivity index (χ0n) is 15.5. The number of pyridine rings is 1. The van der Waals surface area contributed by atoms with Crippen LogP contribution in [0.3, 0.4) is 0 Å². The van der Waals surface area contributed by atoms with E-state index in [4.69, 9.17) is 5.73 Å². The summed E-state index contributed by atoms with van der Waals surface area (Å²) in [6, 6.07) is 12.8. The van der Waals surface area contributed by atoms with Crippen LogP contribution in [0.4, 0.5) is 4.39 Å². The number of aliphatic imine (C=N–C) groups is 1. The van der Waals surface area contributed by atoms with Gasteiger partial charge in [0.1, 0.15) is 5.82 Å². The van der Waals surface area contributed by atoms with Gasteiger partial charge in [0, 0.05) is 30.3 Å². The first-order chi connectivity index (χ1) is 12.7. The molecule has 3 N–H and O–H groups in total. The van der Waals surface area contributed by atoms with Gasteiger partial charge >= 0.3 is 0 Å². The van der Waals surface area contributed by atoms with Crippen LogP contribution in [0.2, 0.25) is 0 Å². The molecule has 0 atom stereocenters. The second-order valence-electron chi connectivity index (χ2n) is 7.05. The molecule has 4 nitrogen and oxygen atoms in total. The van der Waals surface area contributed by atoms with Crippen molar-refractivity contribution in [2.75, 3.05) is 13.1 Å². The summed E-state index contributed by atoms with van der Waals surface area (Å²) < 4.78 is 13.3. The van der Waals surface area contributed by atoms with Crippen LogP contribution in [-0.2, 0) is 11.8 Å². The van der Waals surface area contributed by atoms with E-state index in [1.807, 2.05) is 30.3 Å². The van der Waals surface area contributed by atoms with Crippen LogP contribution in [0.25, 0.3) is 0 Å². The molecule has 0 spiro atoms.